The number of aryl methyl sites for hydroxylation is 1. The maximum Gasteiger partial charge on any atom is 0.573 e. The van der Waals surface area contributed by atoms with Gasteiger partial charge in [-0.1, -0.05) is 22.0 Å². The van der Waals surface area contributed by atoms with E-state index in [2.05, 4.69) is 47.2 Å². The second kappa shape index (κ2) is 7.52. The van der Waals surface area contributed by atoms with Crippen molar-refractivity contribution in [2.45, 2.75) is 13.3 Å². The lowest BCUT2D eigenvalue weighted by molar-refractivity contribution is -0.274. The lowest BCUT2D eigenvalue weighted by Gasteiger charge is -2.13. The van der Waals surface area contributed by atoms with Crippen molar-refractivity contribution >= 4 is 49.3 Å². The SMILES string of the molecule is Cc1ccc(NC(=O)Nc2cc(Br)cc(OC(F)(F)F)c2)c(O)c1Br. The molecule has 2 rings (SSSR count). The topological polar surface area (TPSA) is 70.6 Å². The van der Waals surface area contributed by atoms with Gasteiger partial charge in [-0.05, 0) is 46.6 Å². The van der Waals surface area contributed by atoms with Crippen LogP contribution in [0.25, 0.3) is 0 Å². The molecule has 0 saturated carbocycles. The van der Waals surface area contributed by atoms with Gasteiger partial charge in [-0.15, -0.1) is 13.2 Å². The van der Waals surface area contributed by atoms with E-state index in [1.807, 2.05) is 0 Å². The number of benzene rings is 2. The van der Waals surface area contributed by atoms with Crippen molar-refractivity contribution in [2.24, 2.45) is 0 Å². The number of anilines is 2. The van der Waals surface area contributed by atoms with E-state index in [9.17, 15) is 23.1 Å². The lowest BCUT2D eigenvalue weighted by Crippen LogP contribution is -2.20. The number of amides is 2. The average Bonchev–Trinajstić information content (AvgIpc) is 2.45. The van der Waals surface area contributed by atoms with Gasteiger partial charge in [0.1, 0.15) is 5.75 Å². The van der Waals surface area contributed by atoms with E-state index >= 15 is 0 Å². The summed E-state index contributed by atoms with van der Waals surface area (Å²) in [4.78, 5) is 12.0. The molecule has 0 saturated heterocycles. The van der Waals surface area contributed by atoms with Crippen LogP contribution in [0.1, 0.15) is 5.56 Å². The minimum atomic E-state index is -4.85. The molecule has 2 aromatic rings. The summed E-state index contributed by atoms with van der Waals surface area (Å²) >= 11 is 6.22. The van der Waals surface area contributed by atoms with Crippen LogP contribution in [0.2, 0.25) is 0 Å². The summed E-state index contributed by atoms with van der Waals surface area (Å²) in [7, 11) is 0. The van der Waals surface area contributed by atoms with Gasteiger partial charge in [0.2, 0.25) is 0 Å². The number of hydrogen-bond acceptors (Lipinski definition) is 3. The van der Waals surface area contributed by atoms with Gasteiger partial charge in [-0.3, -0.25) is 0 Å². The third-order valence-corrected chi connectivity index (χ3v) is 4.38. The number of alkyl halides is 3. The number of urea groups is 1. The number of ether oxygens (including phenoxy) is 1. The molecule has 5 nitrogen and oxygen atoms in total. The van der Waals surface area contributed by atoms with E-state index in [-0.39, 0.29) is 21.6 Å². The molecular formula is C15H11Br2F3N2O3. The minimum absolute atomic E-state index is 0.0665. The van der Waals surface area contributed by atoms with Crippen molar-refractivity contribution in [2.75, 3.05) is 10.6 Å². The molecule has 2 aromatic carbocycles. The summed E-state index contributed by atoms with van der Waals surface area (Å²) in [6, 6.07) is 5.94. The fraction of sp³-hybridized carbons (Fsp3) is 0.133. The number of carbonyl (C=O) groups is 1. The predicted octanol–water partition coefficient (Wildman–Crippen LogP) is 5.77. The molecule has 0 unspecified atom stereocenters. The van der Waals surface area contributed by atoms with E-state index in [0.717, 1.165) is 17.7 Å². The van der Waals surface area contributed by atoms with Crippen LogP contribution in [0.3, 0.4) is 0 Å². The van der Waals surface area contributed by atoms with Gasteiger partial charge in [0.25, 0.3) is 0 Å². The molecule has 0 spiro atoms. The molecule has 0 aliphatic heterocycles. The minimum Gasteiger partial charge on any atom is -0.505 e. The van der Waals surface area contributed by atoms with E-state index < -0.39 is 18.1 Å². The zero-order valence-electron chi connectivity index (χ0n) is 12.5. The highest BCUT2D eigenvalue weighted by atomic mass is 79.9. The van der Waals surface area contributed by atoms with Gasteiger partial charge in [0, 0.05) is 16.2 Å². The molecule has 10 heteroatoms. The number of phenolic OH excluding ortho intramolecular Hbond substituents is 1. The fourth-order valence-electron chi connectivity index (χ4n) is 1.88. The molecule has 0 bridgehead atoms. The Morgan fingerprint density at radius 2 is 1.84 bits per heavy atom. The second-order valence-electron chi connectivity index (χ2n) is 4.90. The van der Waals surface area contributed by atoms with E-state index in [4.69, 9.17) is 0 Å². The predicted molar refractivity (Wildman–Crippen MR) is 94.0 cm³/mol. The van der Waals surface area contributed by atoms with Crippen LogP contribution in [0, 0.1) is 6.92 Å². The summed E-state index contributed by atoms with van der Waals surface area (Å²) < 4.78 is 41.4. The van der Waals surface area contributed by atoms with Gasteiger partial charge < -0.3 is 20.5 Å². The van der Waals surface area contributed by atoms with E-state index in [1.165, 1.54) is 12.1 Å². The van der Waals surface area contributed by atoms with Crippen LogP contribution in [0.15, 0.2) is 39.3 Å². The van der Waals surface area contributed by atoms with E-state index in [0.29, 0.717) is 4.47 Å². The zero-order chi connectivity index (χ0) is 18.8. The third kappa shape index (κ3) is 5.53. The maximum absolute atomic E-state index is 12.3. The summed E-state index contributed by atoms with van der Waals surface area (Å²) in [5.74, 6) is -0.649. The van der Waals surface area contributed by atoms with Crippen LogP contribution in [-0.4, -0.2) is 17.5 Å². The molecular weight excluding hydrogens is 473 g/mol. The van der Waals surface area contributed by atoms with E-state index in [1.54, 1.807) is 13.0 Å². The first-order valence-corrected chi connectivity index (χ1v) is 8.26. The van der Waals surface area contributed by atoms with Crippen molar-refractivity contribution < 1.29 is 27.8 Å². The molecule has 25 heavy (non-hydrogen) atoms. The fourth-order valence-corrected chi connectivity index (χ4v) is 2.70. The maximum atomic E-state index is 12.3. The largest absolute Gasteiger partial charge is 0.573 e. The number of halogens is 5. The Bertz CT molecular complexity index is 813. The molecule has 0 atom stereocenters. The van der Waals surface area contributed by atoms with Gasteiger partial charge in [0.05, 0.1) is 10.2 Å². The van der Waals surface area contributed by atoms with Crippen molar-refractivity contribution in [1.82, 2.24) is 0 Å². The Morgan fingerprint density at radius 3 is 2.48 bits per heavy atom. The third-order valence-electron chi connectivity index (χ3n) is 2.92. The number of phenols is 1. The lowest BCUT2D eigenvalue weighted by atomic mass is 10.2. The standard InChI is InChI=1S/C15H11Br2F3N2O3/c1-7-2-3-11(13(23)12(7)17)22-14(24)21-9-4-8(16)5-10(6-9)25-15(18,19)20/h2-6,23H,1H3,(H2,21,22,24). The molecule has 134 valence electrons. The quantitative estimate of drug-likeness (QED) is 0.485. The molecule has 0 aliphatic rings. The highest BCUT2D eigenvalue weighted by molar-refractivity contribution is 9.10. The van der Waals surface area contributed by atoms with Crippen molar-refractivity contribution in [3.63, 3.8) is 0 Å². The van der Waals surface area contributed by atoms with Crippen molar-refractivity contribution in [3.05, 3.63) is 44.8 Å². The Hall–Kier alpha value is -1.94. The molecule has 0 aromatic heterocycles. The molecule has 3 N–H and O–H groups in total. The number of aromatic hydroxyl groups is 1. The number of hydrogen-bond donors (Lipinski definition) is 3. The van der Waals surface area contributed by atoms with Gasteiger partial charge in [0.15, 0.2) is 5.75 Å². The van der Waals surface area contributed by atoms with Crippen LogP contribution in [-0.2, 0) is 0 Å². The smallest absolute Gasteiger partial charge is 0.505 e. The summed E-state index contributed by atoms with van der Waals surface area (Å²) in [6.07, 6.45) is -4.85. The zero-order valence-corrected chi connectivity index (χ0v) is 15.7. The number of rotatable bonds is 3. The first-order chi connectivity index (χ1) is 11.5. The summed E-state index contributed by atoms with van der Waals surface area (Å²) in [6.45, 7) is 1.76. The van der Waals surface area contributed by atoms with Crippen molar-refractivity contribution in [1.29, 1.82) is 0 Å². The summed E-state index contributed by atoms with van der Waals surface area (Å²) in [5, 5.41) is 14.7. The number of carbonyl (C=O) groups excluding carboxylic acids is 1. The Balaban J connectivity index is 2.14. The molecule has 0 aliphatic carbocycles. The summed E-state index contributed by atoms with van der Waals surface area (Å²) in [5.41, 5.74) is 0.970. The number of nitrogens with one attached hydrogen (secondary N) is 2. The van der Waals surface area contributed by atoms with Crippen LogP contribution < -0.4 is 15.4 Å². The van der Waals surface area contributed by atoms with Crippen molar-refractivity contribution in [3.8, 4) is 11.5 Å². The van der Waals surface area contributed by atoms with Gasteiger partial charge >= 0.3 is 12.4 Å². The second-order valence-corrected chi connectivity index (χ2v) is 6.60. The first kappa shape index (κ1) is 19.4. The van der Waals surface area contributed by atoms with Gasteiger partial charge in [-0.25, -0.2) is 4.79 Å². The average molecular weight is 484 g/mol. The molecule has 0 radical (unpaired) electrons. The highest BCUT2D eigenvalue weighted by Gasteiger charge is 2.31. The van der Waals surface area contributed by atoms with Crippen LogP contribution >= 0.6 is 31.9 Å². The molecule has 2 amide bonds. The van der Waals surface area contributed by atoms with Crippen LogP contribution in [0.4, 0.5) is 29.3 Å². The highest BCUT2D eigenvalue weighted by Crippen LogP contribution is 2.35. The Morgan fingerprint density at radius 1 is 1.16 bits per heavy atom. The first-order valence-electron chi connectivity index (χ1n) is 6.67. The molecule has 0 fully saturated rings. The van der Waals surface area contributed by atoms with Gasteiger partial charge in [-0.2, -0.15) is 0 Å². The normalized spacial score (nSPS) is 11.1. The molecule has 0 heterocycles. The Labute approximate surface area is 157 Å². The van der Waals surface area contributed by atoms with Crippen LogP contribution in [0.5, 0.6) is 11.5 Å². The monoisotopic (exact) mass is 482 g/mol. The Kier molecular flexibility index (Phi) is 5.83.